The molecule has 0 aliphatic rings. The van der Waals surface area contributed by atoms with Crippen LogP contribution in [0, 0.1) is 0 Å². The van der Waals surface area contributed by atoms with E-state index < -0.39 is 0 Å². The van der Waals surface area contributed by atoms with Crippen molar-refractivity contribution in [3.63, 3.8) is 0 Å². The second-order valence-electron chi connectivity index (χ2n) is 3.82. The maximum absolute atomic E-state index is 5.56. The van der Waals surface area contributed by atoms with Crippen LogP contribution < -0.4 is 10.5 Å². The molecule has 0 atom stereocenters. The summed E-state index contributed by atoms with van der Waals surface area (Å²) in [7, 11) is 0. The highest BCUT2D eigenvalue weighted by Crippen LogP contribution is 2.21. The SMILES string of the molecule is Nc1ncc(Br)c(OCCCc2ccccc2)n1. The Bertz CT molecular complexity index is 505. The molecular formula is C13H14BrN3O. The van der Waals surface area contributed by atoms with Crippen molar-refractivity contribution in [3.05, 3.63) is 46.6 Å². The minimum atomic E-state index is 0.219. The molecule has 1 aromatic heterocycles. The van der Waals surface area contributed by atoms with Crippen LogP contribution in [0.1, 0.15) is 12.0 Å². The summed E-state index contributed by atoms with van der Waals surface area (Å²) < 4.78 is 6.28. The monoisotopic (exact) mass is 307 g/mol. The Morgan fingerprint density at radius 3 is 2.78 bits per heavy atom. The first kappa shape index (κ1) is 12.8. The fraction of sp³-hybridized carbons (Fsp3) is 0.231. The van der Waals surface area contributed by atoms with Gasteiger partial charge in [-0.25, -0.2) is 4.98 Å². The molecule has 0 fully saturated rings. The first-order valence-corrected chi connectivity index (χ1v) is 6.50. The average molecular weight is 308 g/mol. The largest absolute Gasteiger partial charge is 0.477 e. The van der Waals surface area contributed by atoms with Crippen molar-refractivity contribution in [3.8, 4) is 5.88 Å². The van der Waals surface area contributed by atoms with Crippen LogP contribution in [0.25, 0.3) is 0 Å². The molecule has 0 spiro atoms. The number of hydrogen-bond acceptors (Lipinski definition) is 4. The first-order chi connectivity index (χ1) is 8.75. The van der Waals surface area contributed by atoms with Gasteiger partial charge in [0.05, 0.1) is 17.3 Å². The van der Waals surface area contributed by atoms with Gasteiger partial charge in [-0.2, -0.15) is 4.98 Å². The molecule has 0 unspecified atom stereocenters. The summed E-state index contributed by atoms with van der Waals surface area (Å²) in [4.78, 5) is 7.87. The van der Waals surface area contributed by atoms with E-state index in [0.29, 0.717) is 12.5 Å². The molecule has 5 heteroatoms. The van der Waals surface area contributed by atoms with Crippen LogP contribution in [0.2, 0.25) is 0 Å². The van der Waals surface area contributed by atoms with Gasteiger partial charge in [-0.15, -0.1) is 0 Å². The van der Waals surface area contributed by atoms with E-state index in [-0.39, 0.29) is 5.95 Å². The van der Waals surface area contributed by atoms with Crippen LogP contribution >= 0.6 is 15.9 Å². The van der Waals surface area contributed by atoms with E-state index in [0.717, 1.165) is 17.3 Å². The van der Waals surface area contributed by atoms with Crippen molar-refractivity contribution < 1.29 is 4.74 Å². The third-order valence-corrected chi connectivity index (χ3v) is 2.97. The number of nitrogen functional groups attached to an aromatic ring is 1. The highest BCUT2D eigenvalue weighted by atomic mass is 79.9. The van der Waals surface area contributed by atoms with Gasteiger partial charge in [-0.05, 0) is 34.3 Å². The van der Waals surface area contributed by atoms with E-state index in [4.69, 9.17) is 10.5 Å². The Kier molecular flexibility index (Phi) is 4.52. The van der Waals surface area contributed by atoms with Gasteiger partial charge in [0.25, 0.3) is 0 Å². The lowest BCUT2D eigenvalue weighted by molar-refractivity contribution is 0.297. The van der Waals surface area contributed by atoms with E-state index in [1.54, 1.807) is 6.20 Å². The zero-order chi connectivity index (χ0) is 12.8. The Balaban J connectivity index is 1.80. The minimum absolute atomic E-state index is 0.219. The molecule has 1 aromatic carbocycles. The molecule has 0 aliphatic carbocycles. The topological polar surface area (TPSA) is 61.0 Å². The van der Waals surface area contributed by atoms with Gasteiger partial charge in [0, 0.05) is 0 Å². The standard InChI is InChI=1S/C13H14BrN3O/c14-11-9-16-13(15)17-12(11)18-8-4-7-10-5-2-1-3-6-10/h1-3,5-6,9H,4,7-8H2,(H2,15,16,17). The predicted octanol–water partition coefficient (Wildman–Crippen LogP) is 2.83. The average Bonchev–Trinajstić information content (AvgIpc) is 2.40. The summed E-state index contributed by atoms with van der Waals surface area (Å²) in [5.41, 5.74) is 6.81. The van der Waals surface area contributed by atoms with E-state index in [1.807, 2.05) is 18.2 Å². The molecule has 2 rings (SSSR count). The zero-order valence-corrected chi connectivity index (χ0v) is 11.4. The maximum atomic E-state index is 5.56. The summed E-state index contributed by atoms with van der Waals surface area (Å²) in [5.74, 6) is 0.715. The molecule has 18 heavy (non-hydrogen) atoms. The fourth-order valence-corrected chi connectivity index (χ4v) is 1.86. The van der Waals surface area contributed by atoms with Gasteiger partial charge in [0.2, 0.25) is 11.8 Å². The Morgan fingerprint density at radius 2 is 2.00 bits per heavy atom. The highest BCUT2D eigenvalue weighted by Gasteiger charge is 2.04. The molecule has 0 bridgehead atoms. The number of rotatable bonds is 5. The second kappa shape index (κ2) is 6.35. The van der Waals surface area contributed by atoms with Gasteiger partial charge in [-0.3, -0.25) is 0 Å². The first-order valence-electron chi connectivity index (χ1n) is 5.70. The van der Waals surface area contributed by atoms with E-state index >= 15 is 0 Å². The Morgan fingerprint density at radius 1 is 1.22 bits per heavy atom. The van der Waals surface area contributed by atoms with E-state index in [1.165, 1.54) is 5.56 Å². The van der Waals surface area contributed by atoms with Gasteiger partial charge < -0.3 is 10.5 Å². The van der Waals surface area contributed by atoms with Crippen molar-refractivity contribution in [2.24, 2.45) is 0 Å². The number of ether oxygens (including phenoxy) is 1. The molecule has 0 saturated carbocycles. The fourth-order valence-electron chi connectivity index (χ4n) is 1.56. The number of aromatic nitrogens is 2. The summed E-state index contributed by atoms with van der Waals surface area (Å²) in [5, 5.41) is 0. The smallest absolute Gasteiger partial charge is 0.232 e. The zero-order valence-electron chi connectivity index (χ0n) is 9.84. The molecule has 0 amide bonds. The number of nitrogens with two attached hydrogens (primary N) is 1. The van der Waals surface area contributed by atoms with Gasteiger partial charge >= 0.3 is 0 Å². The lowest BCUT2D eigenvalue weighted by Crippen LogP contribution is -2.04. The van der Waals surface area contributed by atoms with Crippen LogP contribution in [-0.4, -0.2) is 16.6 Å². The third-order valence-electron chi connectivity index (χ3n) is 2.42. The summed E-state index contributed by atoms with van der Waals surface area (Å²) in [6.45, 7) is 0.601. The summed E-state index contributed by atoms with van der Waals surface area (Å²) in [6.07, 6.45) is 3.51. The molecule has 1 heterocycles. The molecule has 4 nitrogen and oxygen atoms in total. The number of anilines is 1. The molecule has 2 N–H and O–H groups in total. The summed E-state index contributed by atoms with van der Waals surface area (Å²) in [6, 6.07) is 10.3. The molecular weight excluding hydrogens is 294 g/mol. The molecule has 94 valence electrons. The van der Waals surface area contributed by atoms with Gasteiger partial charge in [0.1, 0.15) is 0 Å². The van der Waals surface area contributed by atoms with Crippen LogP contribution in [0.15, 0.2) is 41.0 Å². The van der Waals surface area contributed by atoms with Crippen molar-refractivity contribution in [1.82, 2.24) is 9.97 Å². The highest BCUT2D eigenvalue weighted by molar-refractivity contribution is 9.10. The minimum Gasteiger partial charge on any atom is -0.477 e. The number of halogens is 1. The Hall–Kier alpha value is -1.62. The number of nitrogens with zero attached hydrogens (tertiary/aromatic N) is 2. The van der Waals surface area contributed by atoms with Crippen molar-refractivity contribution >= 4 is 21.9 Å². The van der Waals surface area contributed by atoms with Crippen LogP contribution in [0.3, 0.4) is 0 Å². The molecule has 0 saturated heterocycles. The van der Waals surface area contributed by atoms with Crippen molar-refractivity contribution in [2.45, 2.75) is 12.8 Å². The lowest BCUT2D eigenvalue weighted by atomic mass is 10.1. The molecule has 2 aromatic rings. The maximum Gasteiger partial charge on any atom is 0.232 e. The van der Waals surface area contributed by atoms with Crippen LogP contribution in [-0.2, 0) is 6.42 Å². The lowest BCUT2D eigenvalue weighted by Gasteiger charge is -2.07. The Labute approximate surface area is 114 Å². The summed E-state index contributed by atoms with van der Waals surface area (Å²) >= 11 is 3.32. The molecule has 0 radical (unpaired) electrons. The van der Waals surface area contributed by atoms with Crippen LogP contribution in [0.5, 0.6) is 5.88 Å². The van der Waals surface area contributed by atoms with Crippen molar-refractivity contribution in [1.29, 1.82) is 0 Å². The molecule has 0 aliphatic heterocycles. The quantitative estimate of drug-likeness (QED) is 0.863. The normalized spacial score (nSPS) is 10.3. The van der Waals surface area contributed by atoms with Crippen molar-refractivity contribution in [2.75, 3.05) is 12.3 Å². The number of hydrogen-bond donors (Lipinski definition) is 1. The predicted molar refractivity (Wildman–Crippen MR) is 74.4 cm³/mol. The number of aryl methyl sites for hydroxylation is 1. The van der Waals surface area contributed by atoms with E-state index in [2.05, 4.69) is 38.0 Å². The number of benzene rings is 1. The van der Waals surface area contributed by atoms with Gasteiger partial charge in [0.15, 0.2) is 0 Å². The third kappa shape index (κ3) is 3.70. The van der Waals surface area contributed by atoms with Gasteiger partial charge in [-0.1, -0.05) is 30.3 Å². The van der Waals surface area contributed by atoms with E-state index in [9.17, 15) is 0 Å². The second-order valence-corrected chi connectivity index (χ2v) is 4.67. The van der Waals surface area contributed by atoms with Crippen LogP contribution in [0.4, 0.5) is 5.95 Å².